The fourth-order valence-corrected chi connectivity index (χ4v) is 2.44. The Bertz CT molecular complexity index is 646. The van der Waals surface area contributed by atoms with Crippen LogP contribution < -0.4 is 11.1 Å². The monoisotopic (exact) mass is 292 g/mol. The van der Waals surface area contributed by atoms with E-state index >= 15 is 0 Å². The van der Waals surface area contributed by atoms with Gasteiger partial charge in [-0.15, -0.1) is 5.10 Å². The Balaban J connectivity index is 2.27. The summed E-state index contributed by atoms with van der Waals surface area (Å²) in [5.41, 5.74) is 6.88. The summed E-state index contributed by atoms with van der Waals surface area (Å²) in [4.78, 5) is 12.7. The largest absolute Gasteiger partial charge is 0.508 e. The number of carbonyl (C=O) groups excluding carboxylic acids is 1. The molecule has 1 heterocycles. The highest BCUT2D eigenvalue weighted by molar-refractivity contribution is 7.08. The lowest BCUT2D eigenvalue weighted by Gasteiger charge is -2.16. The zero-order valence-corrected chi connectivity index (χ0v) is 12.3. The zero-order chi connectivity index (χ0) is 14.9. The van der Waals surface area contributed by atoms with E-state index in [0.29, 0.717) is 21.9 Å². The van der Waals surface area contributed by atoms with Crippen LogP contribution in [0.4, 0.5) is 11.4 Å². The Hall–Kier alpha value is -2.15. The van der Waals surface area contributed by atoms with E-state index in [9.17, 15) is 9.90 Å². The quantitative estimate of drug-likeness (QED) is 0.582. The number of phenols is 1. The van der Waals surface area contributed by atoms with E-state index in [-0.39, 0.29) is 17.1 Å². The number of nitrogens with two attached hydrogens (primary N) is 1. The van der Waals surface area contributed by atoms with E-state index in [2.05, 4.69) is 14.9 Å². The minimum atomic E-state index is -0.303. The normalized spacial score (nSPS) is 11.3. The lowest BCUT2D eigenvalue weighted by Crippen LogP contribution is -2.20. The SMILES string of the molecule is CC(C)(C)c1nnsc1C(=O)Nc1ccc(O)cc1N. The van der Waals surface area contributed by atoms with Crippen LogP contribution in [-0.2, 0) is 5.41 Å². The molecule has 4 N–H and O–H groups in total. The van der Waals surface area contributed by atoms with Gasteiger partial charge >= 0.3 is 0 Å². The standard InChI is InChI=1S/C13H16N4O2S/c1-13(2,3)11-10(20-17-16-11)12(19)15-9-5-4-7(18)6-8(9)14/h4-6,18H,14H2,1-3H3,(H,15,19). The highest BCUT2D eigenvalue weighted by Crippen LogP contribution is 2.28. The molecule has 0 aliphatic rings. The smallest absolute Gasteiger partial charge is 0.269 e. The Morgan fingerprint density at radius 3 is 2.70 bits per heavy atom. The van der Waals surface area contributed by atoms with Gasteiger partial charge < -0.3 is 16.2 Å². The lowest BCUT2D eigenvalue weighted by atomic mass is 9.91. The van der Waals surface area contributed by atoms with Crippen molar-refractivity contribution in [1.29, 1.82) is 0 Å². The number of hydrogen-bond acceptors (Lipinski definition) is 6. The molecule has 0 saturated heterocycles. The highest BCUT2D eigenvalue weighted by atomic mass is 32.1. The summed E-state index contributed by atoms with van der Waals surface area (Å²) in [7, 11) is 0. The number of rotatable bonds is 2. The number of amides is 1. The Morgan fingerprint density at radius 1 is 1.40 bits per heavy atom. The summed E-state index contributed by atoms with van der Waals surface area (Å²) in [5, 5.41) is 16.0. The van der Waals surface area contributed by atoms with Crippen LogP contribution in [0.2, 0.25) is 0 Å². The van der Waals surface area contributed by atoms with Gasteiger partial charge in [0.1, 0.15) is 10.6 Å². The number of aromatic hydroxyl groups is 1. The molecule has 1 aromatic carbocycles. The van der Waals surface area contributed by atoms with Crippen LogP contribution in [-0.4, -0.2) is 20.6 Å². The van der Waals surface area contributed by atoms with Crippen molar-refractivity contribution in [3.8, 4) is 5.75 Å². The van der Waals surface area contributed by atoms with Crippen LogP contribution in [0.15, 0.2) is 18.2 Å². The third kappa shape index (κ3) is 2.88. The first-order valence-electron chi connectivity index (χ1n) is 6.01. The molecule has 0 radical (unpaired) electrons. The van der Waals surface area contributed by atoms with Crippen molar-refractivity contribution in [2.75, 3.05) is 11.1 Å². The molecule has 1 amide bonds. The average Bonchev–Trinajstić information content (AvgIpc) is 2.81. The minimum Gasteiger partial charge on any atom is -0.508 e. The number of aromatic nitrogens is 2. The van der Waals surface area contributed by atoms with Crippen LogP contribution in [0.5, 0.6) is 5.75 Å². The molecule has 0 aliphatic heterocycles. The second kappa shape index (κ2) is 5.09. The van der Waals surface area contributed by atoms with Gasteiger partial charge in [0.2, 0.25) is 0 Å². The number of benzene rings is 1. The molecular formula is C13H16N4O2S. The predicted molar refractivity (Wildman–Crippen MR) is 79.1 cm³/mol. The van der Waals surface area contributed by atoms with E-state index in [4.69, 9.17) is 5.73 Å². The van der Waals surface area contributed by atoms with Gasteiger partial charge in [-0.05, 0) is 23.7 Å². The van der Waals surface area contributed by atoms with Crippen molar-refractivity contribution in [2.24, 2.45) is 0 Å². The van der Waals surface area contributed by atoms with Gasteiger partial charge in [0.05, 0.1) is 17.1 Å². The number of anilines is 2. The van der Waals surface area contributed by atoms with E-state index < -0.39 is 0 Å². The van der Waals surface area contributed by atoms with Gasteiger partial charge in [-0.2, -0.15) is 0 Å². The summed E-state index contributed by atoms with van der Waals surface area (Å²) >= 11 is 1.05. The number of nitrogens with one attached hydrogen (secondary N) is 1. The molecule has 0 spiro atoms. The minimum absolute atomic E-state index is 0.0512. The van der Waals surface area contributed by atoms with Gasteiger partial charge in [0, 0.05) is 11.5 Å². The third-order valence-electron chi connectivity index (χ3n) is 2.69. The second-order valence-electron chi connectivity index (χ2n) is 5.43. The fraction of sp³-hybridized carbons (Fsp3) is 0.308. The molecule has 0 fully saturated rings. The van der Waals surface area contributed by atoms with Gasteiger partial charge in [0.25, 0.3) is 5.91 Å². The van der Waals surface area contributed by atoms with Crippen molar-refractivity contribution in [1.82, 2.24) is 9.59 Å². The van der Waals surface area contributed by atoms with Crippen LogP contribution in [0, 0.1) is 0 Å². The molecule has 7 heteroatoms. The number of phenolic OH excluding ortho intramolecular Hbond substituents is 1. The van der Waals surface area contributed by atoms with Crippen LogP contribution >= 0.6 is 11.5 Å². The maximum Gasteiger partial charge on any atom is 0.269 e. The molecule has 0 bridgehead atoms. The molecule has 6 nitrogen and oxygen atoms in total. The van der Waals surface area contributed by atoms with Gasteiger partial charge in [-0.3, -0.25) is 4.79 Å². The molecule has 106 valence electrons. The third-order valence-corrected chi connectivity index (χ3v) is 3.41. The second-order valence-corrected chi connectivity index (χ2v) is 6.18. The topological polar surface area (TPSA) is 101 Å². The summed E-state index contributed by atoms with van der Waals surface area (Å²) in [5.74, 6) is -0.252. The van der Waals surface area contributed by atoms with Crippen LogP contribution in [0.3, 0.4) is 0 Å². The molecule has 2 rings (SSSR count). The first-order chi connectivity index (χ1) is 9.29. The molecular weight excluding hydrogens is 276 g/mol. The van der Waals surface area contributed by atoms with E-state index in [0.717, 1.165) is 11.5 Å². The molecule has 0 saturated carbocycles. The number of carbonyl (C=O) groups is 1. The highest BCUT2D eigenvalue weighted by Gasteiger charge is 2.26. The van der Waals surface area contributed by atoms with Gasteiger partial charge in [-0.1, -0.05) is 25.3 Å². The molecule has 1 aromatic heterocycles. The molecule has 0 unspecified atom stereocenters. The average molecular weight is 292 g/mol. The maximum atomic E-state index is 12.3. The number of nitrogen functional groups attached to an aromatic ring is 1. The van der Waals surface area contributed by atoms with Crippen LogP contribution in [0.25, 0.3) is 0 Å². The van der Waals surface area contributed by atoms with Crippen LogP contribution in [0.1, 0.15) is 36.1 Å². The maximum absolute atomic E-state index is 12.3. The molecule has 2 aromatic rings. The lowest BCUT2D eigenvalue weighted by molar-refractivity contribution is 0.102. The van der Waals surface area contributed by atoms with E-state index in [1.54, 1.807) is 6.07 Å². The van der Waals surface area contributed by atoms with Crippen molar-refractivity contribution in [2.45, 2.75) is 26.2 Å². The van der Waals surface area contributed by atoms with Crippen molar-refractivity contribution >= 4 is 28.8 Å². The number of nitrogens with zero attached hydrogens (tertiary/aromatic N) is 2. The first kappa shape index (κ1) is 14.3. The summed E-state index contributed by atoms with van der Waals surface area (Å²) in [6.07, 6.45) is 0. The Kier molecular flexibility index (Phi) is 3.63. The zero-order valence-electron chi connectivity index (χ0n) is 11.5. The molecule has 0 atom stereocenters. The molecule has 0 aliphatic carbocycles. The Labute approximate surface area is 120 Å². The van der Waals surface area contributed by atoms with Gasteiger partial charge in [-0.25, -0.2) is 0 Å². The summed E-state index contributed by atoms with van der Waals surface area (Å²) < 4.78 is 3.85. The summed E-state index contributed by atoms with van der Waals surface area (Å²) in [6.45, 7) is 5.90. The van der Waals surface area contributed by atoms with E-state index in [1.807, 2.05) is 20.8 Å². The Morgan fingerprint density at radius 2 is 2.10 bits per heavy atom. The van der Waals surface area contributed by atoms with Crippen molar-refractivity contribution < 1.29 is 9.90 Å². The van der Waals surface area contributed by atoms with Crippen molar-refractivity contribution in [3.05, 3.63) is 28.8 Å². The fourth-order valence-electron chi connectivity index (χ4n) is 1.67. The van der Waals surface area contributed by atoms with Crippen molar-refractivity contribution in [3.63, 3.8) is 0 Å². The first-order valence-corrected chi connectivity index (χ1v) is 6.79. The summed E-state index contributed by atoms with van der Waals surface area (Å²) in [6, 6.07) is 4.39. The van der Waals surface area contributed by atoms with Gasteiger partial charge in [0.15, 0.2) is 0 Å². The van der Waals surface area contributed by atoms with E-state index in [1.165, 1.54) is 12.1 Å². The number of hydrogen-bond donors (Lipinski definition) is 3. The molecule has 20 heavy (non-hydrogen) atoms. The predicted octanol–water partition coefficient (Wildman–Crippen LogP) is 2.38.